The summed E-state index contributed by atoms with van der Waals surface area (Å²) in [7, 11) is 0. The summed E-state index contributed by atoms with van der Waals surface area (Å²) in [5, 5.41) is 3.30. The van der Waals surface area contributed by atoms with E-state index in [9.17, 15) is 4.79 Å². The molecule has 2 aromatic heterocycles. The van der Waals surface area contributed by atoms with Crippen LogP contribution in [0.2, 0.25) is 0 Å². The van der Waals surface area contributed by atoms with Crippen molar-refractivity contribution >= 4 is 23.2 Å². The molecule has 7 heteroatoms. The average Bonchev–Trinajstić information content (AvgIpc) is 3.35. The zero-order chi connectivity index (χ0) is 21.2. The monoisotopic (exact) mass is 417 g/mol. The van der Waals surface area contributed by atoms with E-state index in [4.69, 9.17) is 14.4 Å². The summed E-state index contributed by atoms with van der Waals surface area (Å²) in [6, 6.07) is 14.3. The first-order valence-electron chi connectivity index (χ1n) is 11.0. The van der Waals surface area contributed by atoms with Crippen LogP contribution in [0.5, 0.6) is 0 Å². The van der Waals surface area contributed by atoms with Gasteiger partial charge in [-0.3, -0.25) is 4.79 Å². The van der Waals surface area contributed by atoms with E-state index in [1.165, 1.54) is 5.69 Å². The fourth-order valence-corrected chi connectivity index (χ4v) is 4.53. The second-order valence-corrected chi connectivity index (χ2v) is 8.08. The van der Waals surface area contributed by atoms with Crippen molar-refractivity contribution in [2.45, 2.75) is 25.7 Å². The molecule has 3 aromatic rings. The lowest BCUT2D eigenvalue weighted by molar-refractivity contribution is 0.0959. The fourth-order valence-electron chi connectivity index (χ4n) is 4.53. The van der Waals surface area contributed by atoms with Crippen molar-refractivity contribution in [2.75, 3.05) is 47.8 Å². The SMILES string of the molecule is CCNc1nc(N2CCN(c3ccccc3)CC2)nc2c1C(=O)C[C@@H](c1ccco1)C2. The number of fused-ring (bicyclic) bond motifs is 1. The van der Waals surface area contributed by atoms with Crippen LogP contribution in [-0.2, 0) is 6.42 Å². The summed E-state index contributed by atoms with van der Waals surface area (Å²) >= 11 is 0. The molecule has 160 valence electrons. The molecule has 1 aliphatic heterocycles. The van der Waals surface area contributed by atoms with Gasteiger partial charge in [0.2, 0.25) is 5.95 Å². The van der Waals surface area contributed by atoms with E-state index in [-0.39, 0.29) is 11.7 Å². The largest absolute Gasteiger partial charge is 0.469 e. The second kappa shape index (κ2) is 8.41. The number of aromatic nitrogens is 2. The van der Waals surface area contributed by atoms with Crippen LogP contribution in [0, 0.1) is 0 Å². The van der Waals surface area contributed by atoms with Gasteiger partial charge in [0.1, 0.15) is 11.6 Å². The van der Waals surface area contributed by atoms with Crippen LogP contribution in [0.25, 0.3) is 0 Å². The van der Waals surface area contributed by atoms with Crippen LogP contribution in [-0.4, -0.2) is 48.5 Å². The van der Waals surface area contributed by atoms with E-state index in [2.05, 4.69) is 39.4 Å². The van der Waals surface area contributed by atoms with Gasteiger partial charge < -0.3 is 19.5 Å². The molecular weight excluding hydrogens is 390 g/mol. The zero-order valence-corrected chi connectivity index (χ0v) is 17.8. The number of furan rings is 1. The number of nitrogens with one attached hydrogen (secondary N) is 1. The maximum Gasteiger partial charge on any atom is 0.227 e. The van der Waals surface area contributed by atoms with E-state index in [1.54, 1.807) is 6.26 Å². The minimum atomic E-state index is 0.0298. The minimum Gasteiger partial charge on any atom is -0.469 e. The number of ketones is 1. The Morgan fingerprint density at radius 3 is 2.48 bits per heavy atom. The highest BCUT2D eigenvalue weighted by molar-refractivity contribution is 6.03. The highest BCUT2D eigenvalue weighted by Gasteiger charge is 2.33. The molecule has 1 fully saturated rings. The molecule has 5 rings (SSSR count). The number of piperazine rings is 1. The lowest BCUT2D eigenvalue weighted by Crippen LogP contribution is -2.47. The number of hydrogen-bond acceptors (Lipinski definition) is 7. The topological polar surface area (TPSA) is 74.5 Å². The Morgan fingerprint density at radius 1 is 1.00 bits per heavy atom. The molecule has 1 aliphatic carbocycles. The number of para-hydroxylation sites is 1. The van der Waals surface area contributed by atoms with Crippen molar-refractivity contribution in [1.29, 1.82) is 0 Å². The average molecular weight is 418 g/mol. The number of anilines is 3. The van der Waals surface area contributed by atoms with Crippen LogP contribution < -0.4 is 15.1 Å². The van der Waals surface area contributed by atoms with E-state index in [0.29, 0.717) is 36.7 Å². The van der Waals surface area contributed by atoms with Crippen LogP contribution in [0.1, 0.15) is 41.1 Å². The molecule has 0 bridgehead atoms. The quantitative estimate of drug-likeness (QED) is 0.678. The first kappa shape index (κ1) is 19.6. The zero-order valence-electron chi connectivity index (χ0n) is 17.8. The Balaban J connectivity index is 1.41. The predicted molar refractivity (Wildman–Crippen MR) is 121 cm³/mol. The number of benzene rings is 1. The van der Waals surface area contributed by atoms with Crippen molar-refractivity contribution in [3.63, 3.8) is 0 Å². The molecule has 0 unspecified atom stereocenters. The van der Waals surface area contributed by atoms with Crippen molar-refractivity contribution in [3.05, 3.63) is 65.7 Å². The molecule has 3 heterocycles. The van der Waals surface area contributed by atoms with Gasteiger partial charge in [-0.2, -0.15) is 4.98 Å². The molecule has 1 atom stereocenters. The van der Waals surface area contributed by atoms with Gasteiger partial charge in [-0.25, -0.2) is 4.98 Å². The lowest BCUT2D eigenvalue weighted by Gasteiger charge is -2.36. The summed E-state index contributed by atoms with van der Waals surface area (Å²) in [6.45, 7) is 6.23. The molecule has 1 saturated heterocycles. The standard InChI is InChI=1S/C24H27N5O2/c1-2-25-23-22-19(15-17(16-20(22)30)21-9-6-14-31-21)26-24(27-23)29-12-10-28(11-13-29)18-7-4-3-5-8-18/h3-9,14,17H,2,10-13,15-16H2,1H3,(H,25,26,27)/t17-/m0/s1. The molecule has 2 aliphatic rings. The number of Topliss-reactive ketones (excluding diaryl/α,β-unsaturated/α-hetero) is 1. The van der Waals surface area contributed by atoms with Gasteiger partial charge in [0, 0.05) is 57.2 Å². The number of hydrogen-bond donors (Lipinski definition) is 1. The number of carbonyl (C=O) groups is 1. The lowest BCUT2D eigenvalue weighted by atomic mass is 9.84. The molecule has 0 radical (unpaired) electrons. The Bertz CT molecular complexity index is 1040. The van der Waals surface area contributed by atoms with E-state index in [1.807, 2.05) is 25.1 Å². The third-order valence-corrected chi connectivity index (χ3v) is 6.10. The number of nitrogens with zero attached hydrogens (tertiary/aromatic N) is 4. The van der Waals surface area contributed by atoms with Crippen LogP contribution in [0.4, 0.5) is 17.5 Å². The van der Waals surface area contributed by atoms with E-state index < -0.39 is 0 Å². The van der Waals surface area contributed by atoms with Gasteiger partial charge in [0.25, 0.3) is 0 Å². The summed E-state index contributed by atoms with van der Waals surface area (Å²) in [5.41, 5.74) is 2.72. The van der Waals surface area contributed by atoms with Gasteiger partial charge in [-0.05, 0) is 31.2 Å². The summed E-state index contributed by atoms with van der Waals surface area (Å²) in [6.07, 6.45) is 2.78. The number of rotatable bonds is 5. The maximum atomic E-state index is 13.0. The van der Waals surface area contributed by atoms with Crippen molar-refractivity contribution in [2.24, 2.45) is 0 Å². The minimum absolute atomic E-state index is 0.0298. The van der Waals surface area contributed by atoms with E-state index in [0.717, 1.165) is 37.6 Å². The van der Waals surface area contributed by atoms with Crippen molar-refractivity contribution < 1.29 is 9.21 Å². The Kier molecular flexibility index (Phi) is 5.32. The maximum absolute atomic E-state index is 13.0. The second-order valence-electron chi connectivity index (χ2n) is 8.08. The Labute approximate surface area is 182 Å². The normalized spacial score (nSPS) is 18.7. The van der Waals surface area contributed by atoms with Gasteiger partial charge in [-0.15, -0.1) is 0 Å². The molecule has 0 spiro atoms. The first-order chi connectivity index (χ1) is 15.2. The molecule has 1 aromatic carbocycles. The molecular formula is C24H27N5O2. The van der Waals surface area contributed by atoms with Crippen LogP contribution in [0.15, 0.2) is 53.1 Å². The molecule has 31 heavy (non-hydrogen) atoms. The fraction of sp³-hybridized carbons (Fsp3) is 0.375. The Morgan fingerprint density at radius 2 is 1.77 bits per heavy atom. The highest BCUT2D eigenvalue weighted by Crippen LogP contribution is 2.35. The van der Waals surface area contributed by atoms with Gasteiger partial charge >= 0.3 is 0 Å². The van der Waals surface area contributed by atoms with E-state index >= 15 is 0 Å². The Hall–Kier alpha value is -3.35. The highest BCUT2D eigenvalue weighted by atomic mass is 16.3. The summed E-state index contributed by atoms with van der Waals surface area (Å²) < 4.78 is 5.59. The van der Waals surface area contributed by atoms with Crippen LogP contribution >= 0.6 is 0 Å². The third-order valence-electron chi connectivity index (χ3n) is 6.10. The first-order valence-corrected chi connectivity index (χ1v) is 11.0. The van der Waals surface area contributed by atoms with Gasteiger partial charge in [-0.1, -0.05) is 18.2 Å². The van der Waals surface area contributed by atoms with Gasteiger partial charge in [0.15, 0.2) is 5.78 Å². The smallest absolute Gasteiger partial charge is 0.227 e. The third kappa shape index (κ3) is 3.87. The number of carbonyl (C=O) groups excluding carboxylic acids is 1. The summed E-state index contributed by atoms with van der Waals surface area (Å²) in [4.78, 5) is 27.3. The molecule has 1 N–H and O–H groups in total. The van der Waals surface area contributed by atoms with Crippen molar-refractivity contribution in [3.8, 4) is 0 Å². The summed E-state index contributed by atoms with van der Waals surface area (Å²) in [5.74, 6) is 2.33. The van der Waals surface area contributed by atoms with Crippen LogP contribution in [0.3, 0.4) is 0 Å². The van der Waals surface area contributed by atoms with Gasteiger partial charge in [0.05, 0.1) is 17.5 Å². The molecule has 0 saturated carbocycles. The molecule has 7 nitrogen and oxygen atoms in total. The van der Waals surface area contributed by atoms with Crippen molar-refractivity contribution in [1.82, 2.24) is 9.97 Å². The predicted octanol–water partition coefficient (Wildman–Crippen LogP) is 3.74. The molecule has 0 amide bonds.